The van der Waals surface area contributed by atoms with Crippen molar-refractivity contribution < 1.29 is 19.3 Å². The van der Waals surface area contributed by atoms with E-state index in [2.05, 4.69) is 17.1 Å². The highest BCUT2D eigenvalue weighted by atomic mass is 16.5. The second kappa shape index (κ2) is 11.7. The molecule has 0 aliphatic rings. The van der Waals surface area contributed by atoms with E-state index >= 15 is 0 Å². The number of benzene rings is 4. The van der Waals surface area contributed by atoms with Crippen LogP contribution in [0.2, 0.25) is 0 Å². The first-order chi connectivity index (χ1) is 17.2. The highest BCUT2D eigenvalue weighted by Gasteiger charge is 2.12. The van der Waals surface area contributed by atoms with Crippen LogP contribution in [0.25, 0.3) is 10.8 Å². The Morgan fingerprint density at radius 1 is 0.629 bits per heavy atom. The summed E-state index contributed by atoms with van der Waals surface area (Å²) in [5.74, 6) is 3.17. The summed E-state index contributed by atoms with van der Waals surface area (Å²) >= 11 is 0. The fourth-order valence-corrected chi connectivity index (χ4v) is 3.63. The number of ether oxygens (including phenoxy) is 3. The van der Waals surface area contributed by atoms with E-state index in [0.29, 0.717) is 0 Å². The predicted molar refractivity (Wildman–Crippen MR) is 138 cm³/mol. The molecule has 5 nitrogen and oxygen atoms in total. The van der Waals surface area contributed by atoms with E-state index in [4.69, 9.17) is 14.2 Å². The molecular formula is C30H27NO4. The third-order valence-electron chi connectivity index (χ3n) is 5.47. The molecule has 5 heteroatoms. The average molecular weight is 466 g/mol. The van der Waals surface area contributed by atoms with Gasteiger partial charge in [0.05, 0.1) is 14.2 Å². The van der Waals surface area contributed by atoms with Gasteiger partial charge in [-0.2, -0.15) is 0 Å². The molecule has 1 aromatic heterocycles. The second-order valence-corrected chi connectivity index (χ2v) is 7.71. The Morgan fingerprint density at radius 2 is 1.20 bits per heavy atom. The van der Waals surface area contributed by atoms with Crippen LogP contribution < -0.4 is 14.2 Å². The van der Waals surface area contributed by atoms with Crippen molar-refractivity contribution in [1.29, 1.82) is 0 Å². The van der Waals surface area contributed by atoms with E-state index in [-0.39, 0.29) is 0 Å². The monoisotopic (exact) mass is 465 g/mol. The number of pyridine rings is 1. The van der Waals surface area contributed by atoms with Crippen molar-refractivity contribution in [1.82, 2.24) is 4.98 Å². The zero-order valence-electron chi connectivity index (χ0n) is 19.7. The lowest BCUT2D eigenvalue weighted by Gasteiger charge is -2.13. The van der Waals surface area contributed by atoms with Crippen LogP contribution in [0.3, 0.4) is 0 Å². The first-order valence-electron chi connectivity index (χ1n) is 11.2. The molecule has 0 fully saturated rings. The van der Waals surface area contributed by atoms with Gasteiger partial charge in [0.25, 0.3) is 0 Å². The maximum atomic E-state index is 10.4. The van der Waals surface area contributed by atoms with Crippen molar-refractivity contribution >= 4 is 10.8 Å². The number of hydrogen-bond acceptors (Lipinski definition) is 5. The largest absolute Gasteiger partial charge is 0.497 e. The third kappa shape index (κ3) is 6.16. The fourth-order valence-electron chi connectivity index (χ4n) is 3.63. The topological polar surface area (TPSA) is 60.8 Å². The van der Waals surface area contributed by atoms with Gasteiger partial charge < -0.3 is 19.3 Å². The molecule has 0 aliphatic heterocycles. The van der Waals surface area contributed by atoms with Gasteiger partial charge in [-0.3, -0.25) is 4.98 Å². The van der Waals surface area contributed by atoms with Gasteiger partial charge in [0.1, 0.15) is 29.1 Å². The van der Waals surface area contributed by atoms with Gasteiger partial charge in [-0.15, -0.1) is 0 Å². The smallest absolute Gasteiger partial charge is 0.127 e. The van der Waals surface area contributed by atoms with Crippen molar-refractivity contribution in [2.75, 3.05) is 14.2 Å². The molecule has 5 rings (SSSR count). The van der Waals surface area contributed by atoms with Crippen LogP contribution in [0, 0.1) is 0 Å². The van der Waals surface area contributed by atoms with Crippen LogP contribution in [0.5, 0.6) is 23.0 Å². The molecule has 176 valence electrons. The SMILES string of the molecule is COc1ccc(Oc2ccc(OC)cc2)cc1.OC(c1cccnc1)c1cccc2ccccc12. The number of aliphatic hydroxyl groups is 1. The van der Waals surface area contributed by atoms with Crippen LogP contribution in [0.1, 0.15) is 17.2 Å². The molecule has 4 aromatic carbocycles. The maximum Gasteiger partial charge on any atom is 0.127 e. The Kier molecular flexibility index (Phi) is 7.94. The maximum absolute atomic E-state index is 10.4. The fraction of sp³-hybridized carbons (Fsp3) is 0.100. The normalized spacial score (nSPS) is 11.2. The number of rotatable bonds is 6. The zero-order valence-corrected chi connectivity index (χ0v) is 19.7. The van der Waals surface area contributed by atoms with E-state index in [1.54, 1.807) is 26.6 Å². The molecule has 5 aromatic rings. The summed E-state index contributed by atoms with van der Waals surface area (Å²) in [6.45, 7) is 0. The van der Waals surface area contributed by atoms with Gasteiger partial charge in [-0.1, -0.05) is 48.5 Å². The van der Waals surface area contributed by atoms with E-state index in [1.165, 1.54) is 0 Å². The minimum Gasteiger partial charge on any atom is -0.497 e. The van der Waals surface area contributed by atoms with Gasteiger partial charge in [0, 0.05) is 18.0 Å². The third-order valence-corrected chi connectivity index (χ3v) is 5.47. The first kappa shape index (κ1) is 23.8. The molecule has 0 radical (unpaired) electrons. The molecule has 0 aliphatic carbocycles. The summed E-state index contributed by atoms with van der Waals surface area (Å²) in [6.07, 6.45) is 2.77. The molecule has 0 amide bonds. The summed E-state index contributed by atoms with van der Waals surface area (Å²) in [5, 5.41) is 12.7. The standard InChI is InChI=1S/C16H13NO.C14H14O3/c18-16(13-7-4-10-17-11-13)15-9-3-6-12-5-1-2-8-14(12)15;1-15-11-3-7-13(8-4-11)17-14-9-5-12(16-2)6-10-14/h1-11,16,18H;3-10H,1-2H3. The molecule has 35 heavy (non-hydrogen) atoms. The van der Waals surface area contributed by atoms with Crippen LogP contribution in [0.4, 0.5) is 0 Å². The lowest BCUT2D eigenvalue weighted by molar-refractivity contribution is 0.221. The zero-order chi connectivity index (χ0) is 24.5. The molecule has 1 heterocycles. The number of aliphatic hydroxyl groups excluding tert-OH is 1. The molecule has 0 saturated heterocycles. The Bertz CT molecular complexity index is 1290. The van der Waals surface area contributed by atoms with Crippen molar-refractivity contribution in [2.45, 2.75) is 6.10 Å². The highest BCUT2D eigenvalue weighted by Crippen LogP contribution is 2.28. The number of hydrogen-bond donors (Lipinski definition) is 1. The van der Waals surface area contributed by atoms with Crippen LogP contribution in [-0.2, 0) is 0 Å². The molecule has 1 N–H and O–H groups in total. The Labute approximate surface area is 205 Å². The quantitative estimate of drug-likeness (QED) is 0.298. The van der Waals surface area contributed by atoms with Crippen molar-refractivity contribution in [2.24, 2.45) is 0 Å². The van der Waals surface area contributed by atoms with Crippen LogP contribution >= 0.6 is 0 Å². The van der Waals surface area contributed by atoms with Gasteiger partial charge in [-0.05, 0) is 70.9 Å². The van der Waals surface area contributed by atoms with E-state index < -0.39 is 6.10 Å². The molecular weight excluding hydrogens is 438 g/mol. The van der Waals surface area contributed by atoms with Gasteiger partial charge in [-0.25, -0.2) is 0 Å². The molecule has 0 bridgehead atoms. The van der Waals surface area contributed by atoms with Gasteiger partial charge in [0.2, 0.25) is 0 Å². The second-order valence-electron chi connectivity index (χ2n) is 7.71. The summed E-state index contributed by atoms with van der Waals surface area (Å²) in [5.41, 5.74) is 1.73. The van der Waals surface area contributed by atoms with Gasteiger partial charge in [0.15, 0.2) is 0 Å². The van der Waals surface area contributed by atoms with Gasteiger partial charge >= 0.3 is 0 Å². The average Bonchev–Trinajstić information content (AvgIpc) is 2.94. The highest BCUT2D eigenvalue weighted by molar-refractivity contribution is 5.86. The summed E-state index contributed by atoms with van der Waals surface area (Å²) in [7, 11) is 3.28. The molecule has 0 spiro atoms. The summed E-state index contributed by atoms with van der Waals surface area (Å²) in [6, 6.07) is 32.7. The van der Waals surface area contributed by atoms with E-state index in [0.717, 1.165) is 44.9 Å². The van der Waals surface area contributed by atoms with Crippen molar-refractivity contribution in [3.63, 3.8) is 0 Å². The molecule has 0 saturated carbocycles. The van der Waals surface area contributed by atoms with Crippen LogP contribution in [0.15, 0.2) is 116 Å². The molecule has 1 unspecified atom stereocenters. The number of nitrogens with zero attached hydrogens (tertiary/aromatic N) is 1. The summed E-state index contributed by atoms with van der Waals surface area (Å²) < 4.78 is 15.8. The minimum atomic E-state index is -0.634. The lowest BCUT2D eigenvalue weighted by atomic mass is 9.97. The molecule has 1 atom stereocenters. The Morgan fingerprint density at radius 3 is 1.77 bits per heavy atom. The van der Waals surface area contributed by atoms with E-state index in [9.17, 15) is 5.11 Å². The lowest BCUT2D eigenvalue weighted by Crippen LogP contribution is -2.00. The predicted octanol–water partition coefficient (Wildman–Crippen LogP) is 6.81. The van der Waals surface area contributed by atoms with Crippen molar-refractivity contribution in [3.05, 3.63) is 127 Å². The number of aromatic nitrogens is 1. The first-order valence-corrected chi connectivity index (χ1v) is 11.2. The number of methoxy groups -OCH3 is 2. The Hall–Kier alpha value is -4.35. The van der Waals surface area contributed by atoms with Crippen LogP contribution in [-0.4, -0.2) is 24.3 Å². The minimum absolute atomic E-state index is 0.634. The Balaban J connectivity index is 0.000000165. The van der Waals surface area contributed by atoms with Crippen molar-refractivity contribution in [3.8, 4) is 23.0 Å². The number of fused-ring (bicyclic) bond motifs is 1. The summed E-state index contributed by atoms with van der Waals surface area (Å²) in [4.78, 5) is 4.05. The van der Waals surface area contributed by atoms with E-state index in [1.807, 2.05) is 91.0 Å².